The lowest BCUT2D eigenvalue weighted by Gasteiger charge is -2.13. The molecule has 0 saturated carbocycles. The first-order valence-electron chi connectivity index (χ1n) is 9.45. The van der Waals surface area contributed by atoms with E-state index in [0.717, 1.165) is 16.6 Å². The monoisotopic (exact) mass is 416 g/mol. The van der Waals surface area contributed by atoms with E-state index in [1.54, 1.807) is 29.1 Å². The highest BCUT2D eigenvalue weighted by atomic mass is 16.1. The van der Waals surface area contributed by atoms with E-state index in [-0.39, 0.29) is 28.8 Å². The first kappa shape index (κ1) is 19.8. The highest BCUT2D eigenvalue weighted by molar-refractivity contribution is 5.99. The molecule has 0 spiro atoms. The molecule has 3 heterocycles. The molecule has 0 unspecified atom stereocenters. The molecule has 0 atom stereocenters. The molecule has 3 aromatic heterocycles. The van der Waals surface area contributed by atoms with Crippen molar-refractivity contribution in [2.24, 2.45) is 7.05 Å². The van der Waals surface area contributed by atoms with Crippen molar-refractivity contribution in [1.82, 2.24) is 30.0 Å². The second-order valence-electron chi connectivity index (χ2n) is 6.68. The summed E-state index contributed by atoms with van der Waals surface area (Å²) in [7, 11) is 1.88. The maximum absolute atomic E-state index is 12.5. The summed E-state index contributed by atoms with van der Waals surface area (Å²) in [5, 5.41) is 14.0. The summed E-state index contributed by atoms with van der Waals surface area (Å²) >= 11 is 0. The summed E-state index contributed by atoms with van der Waals surface area (Å²) < 4.78 is 1.79. The molecule has 4 N–H and O–H groups in total. The highest BCUT2D eigenvalue weighted by Crippen LogP contribution is 2.23. The van der Waals surface area contributed by atoms with E-state index < -0.39 is 0 Å². The molecule has 4 aromatic rings. The van der Waals surface area contributed by atoms with E-state index in [1.165, 1.54) is 12.3 Å². The standard InChI is InChI=1S/C21H20N8O2/c1-3-9-22-20(31)15-12-23-21(28-19(15)27-17-5-4-6-18(30)26-17)25-14-7-8-16-13(10-14)11-24-29(16)2/h3-8,10-12H,1,9H2,2H3,(H,22,31)(H3,23,25,26,27,28,30). The molecule has 10 heteroatoms. The van der Waals surface area contributed by atoms with Crippen LogP contribution in [-0.2, 0) is 7.05 Å². The van der Waals surface area contributed by atoms with Crippen molar-refractivity contribution in [1.29, 1.82) is 0 Å². The van der Waals surface area contributed by atoms with Crippen LogP contribution in [0.25, 0.3) is 10.9 Å². The number of fused-ring (bicyclic) bond motifs is 1. The van der Waals surface area contributed by atoms with E-state index >= 15 is 0 Å². The van der Waals surface area contributed by atoms with Crippen LogP contribution in [0, 0.1) is 0 Å². The Hall–Kier alpha value is -4.47. The number of carbonyl (C=O) groups is 1. The average molecular weight is 416 g/mol. The van der Waals surface area contributed by atoms with Gasteiger partial charge in [0.15, 0.2) is 0 Å². The van der Waals surface area contributed by atoms with Gasteiger partial charge in [0.05, 0.1) is 11.7 Å². The minimum Gasteiger partial charge on any atom is -0.348 e. The number of aryl methyl sites for hydroxylation is 1. The minimum atomic E-state index is -0.371. The maximum atomic E-state index is 12.5. The number of amides is 1. The molecule has 0 radical (unpaired) electrons. The molecule has 1 amide bonds. The van der Waals surface area contributed by atoms with E-state index in [0.29, 0.717) is 12.4 Å². The second-order valence-corrected chi connectivity index (χ2v) is 6.68. The van der Waals surface area contributed by atoms with Crippen LogP contribution in [0.15, 0.2) is 66.2 Å². The van der Waals surface area contributed by atoms with Gasteiger partial charge in [-0.25, -0.2) is 4.98 Å². The van der Waals surface area contributed by atoms with Gasteiger partial charge in [-0.2, -0.15) is 10.1 Å². The molecular weight excluding hydrogens is 396 g/mol. The number of benzene rings is 1. The summed E-state index contributed by atoms with van der Waals surface area (Å²) in [5.74, 6) is 0.545. The number of hydrogen-bond donors (Lipinski definition) is 4. The van der Waals surface area contributed by atoms with Crippen molar-refractivity contribution >= 4 is 40.1 Å². The first-order valence-corrected chi connectivity index (χ1v) is 9.45. The molecule has 0 aliphatic carbocycles. The predicted molar refractivity (Wildman–Crippen MR) is 119 cm³/mol. The Labute approximate surface area is 177 Å². The van der Waals surface area contributed by atoms with Crippen molar-refractivity contribution in [2.75, 3.05) is 17.2 Å². The van der Waals surface area contributed by atoms with Gasteiger partial charge in [0, 0.05) is 36.9 Å². The van der Waals surface area contributed by atoms with Crippen molar-refractivity contribution < 1.29 is 4.79 Å². The normalized spacial score (nSPS) is 10.6. The Morgan fingerprint density at radius 3 is 2.90 bits per heavy atom. The molecular formula is C21H20N8O2. The third-order valence-electron chi connectivity index (χ3n) is 4.46. The minimum absolute atomic E-state index is 0.222. The fourth-order valence-corrected chi connectivity index (χ4v) is 2.98. The van der Waals surface area contributed by atoms with Crippen molar-refractivity contribution in [3.8, 4) is 0 Å². The van der Waals surface area contributed by atoms with Gasteiger partial charge >= 0.3 is 0 Å². The quantitative estimate of drug-likeness (QED) is 0.341. The molecule has 4 rings (SSSR count). The molecule has 0 fully saturated rings. The van der Waals surface area contributed by atoms with Crippen molar-refractivity contribution in [3.05, 3.63) is 77.4 Å². The number of H-pyrrole nitrogens is 1. The zero-order valence-electron chi connectivity index (χ0n) is 16.7. The molecule has 10 nitrogen and oxygen atoms in total. The van der Waals surface area contributed by atoms with Crippen molar-refractivity contribution in [3.63, 3.8) is 0 Å². The van der Waals surface area contributed by atoms with E-state index in [9.17, 15) is 9.59 Å². The van der Waals surface area contributed by atoms with Crippen LogP contribution in [0.4, 0.5) is 23.3 Å². The van der Waals surface area contributed by atoms with Gasteiger partial charge in [-0.3, -0.25) is 14.3 Å². The molecule has 0 aliphatic heterocycles. The van der Waals surface area contributed by atoms with Crippen LogP contribution in [0.3, 0.4) is 0 Å². The topological polar surface area (TPSA) is 130 Å². The van der Waals surface area contributed by atoms with Gasteiger partial charge < -0.3 is 20.9 Å². The average Bonchev–Trinajstić information content (AvgIpc) is 3.12. The molecule has 0 saturated heterocycles. The zero-order valence-corrected chi connectivity index (χ0v) is 16.7. The summed E-state index contributed by atoms with van der Waals surface area (Å²) in [4.78, 5) is 35.5. The van der Waals surface area contributed by atoms with Gasteiger partial charge in [0.1, 0.15) is 17.2 Å². The smallest absolute Gasteiger partial charge is 0.256 e. The summed E-state index contributed by atoms with van der Waals surface area (Å²) in [6, 6.07) is 10.4. The molecule has 1 aromatic carbocycles. The Morgan fingerprint density at radius 1 is 1.23 bits per heavy atom. The summed E-state index contributed by atoms with van der Waals surface area (Å²) in [6.07, 6.45) is 4.76. The lowest BCUT2D eigenvalue weighted by molar-refractivity contribution is 0.0958. The third kappa shape index (κ3) is 4.42. The number of aromatic nitrogens is 5. The fourth-order valence-electron chi connectivity index (χ4n) is 2.98. The van der Waals surface area contributed by atoms with Gasteiger partial charge in [-0.15, -0.1) is 6.58 Å². The van der Waals surface area contributed by atoms with Crippen LogP contribution in [0.2, 0.25) is 0 Å². The zero-order chi connectivity index (χ0) is 21.8. The van der Waals surface area contributed by atoms with Crippen LogP contribution in [0.5, 0.6) is 0 Å². The summed E-state index contributed by atoms with van der Waals surface area (Å²) in [5.41, 5.74) is 1.71. The SMILES string of the molecule is C=CCNC(=O)c1cnc(Nc2ccc3c(cnn3C)c2)nc1Nc1cccc(=O)[nH]1. The Bertz CT molecular complexity index is 1320. The number of nitrogens with zero attached hydrogens (tertiary/aromatic N) is 4. The van der Waals surface area contributed by atoms with E-state index in [1.807, 2.05) is 25.2 Å². The first-order chi connectivity index (χ1) is 15.0. The van der Waals surface area contributed by atoms with Crippen LogP contribution >= 0.6 is 0 Å². The van der Waals surface area contributed by atoms with Gasteiger partial charge in [0.25, 0.3) is 5.91 Å². The van der Waals surface area contributed by atoms with Crippen LogP contribution in [-0.4, -0.2) is 37.2 Å². The Morgan fingerprint density at radius 2 is 2.10 bits per heavy atom. The highest BCUT2D eigenvalue weighted by Gasteiger charge is 2.15. The number of nitrogens with one attached hydrogen (secondary N) is 4. The lowest BCUT2D eigenvalue weighted by Crippen LogP contribution is -2.25. The van der Waals surface area contributed by atoms with Gasteiger partial charge in [-0.1, -0.05) is 12.1 Å². The number of hydrogen-bond acceptors (Lipinski definition) is 7. The summed E-state index contributed by atoms with van der Waals surface area (Å²) in [6.45, 7) is 3.89. The van der Waals surface area contributed by atoms with Gasteiger partial charge in [-0.05, 0) is 24.3 Å². The van der Waals surface area contributed by atoms with Crippen LogP contribution in [0.1, 0.15) is 10.4 Å². The van der Waals surface area contributed by atoms with E-state index in [4.69, 9.17) is 0 Å². The van der Waals surface area contributed by atoms with Gasteiger partial charge in [0.2, 0.25) is 11.5 Å². The number of anilines is 4. The molecule has 156 valence electrons. The van der Waals surface area contributed by atoms with Crippen LogP contribution < -0.4 is 21.5 Å². The molecule has 0 aliphatic rings. The lowest BCUT2D eigenvalue weighted by atomic mass is 10.2. The van der Waals surface area contributed by atoms with E-state index in [2.05, 4.69) is 42.6 Å². The fraction of sp³-hybridized carbons (Fsp3) is 0.0952. The number of pyridine rings is 1. The largest absolute Gasteiger partial charge is 0.348 e. The number of aromatic amines is 1. The molecule has 31 heavy (non-hydrogen) atoms. The second kappa shape index (κ2) is 8.49. The number of rotatable bonds is 7. The Kier molecular flexibility index (Phi) is 5.43. The maximum Gasteiger partial charge on any atom is 0.256 e. The third-order valence-corrected chi connectivity index (χ3v) is 4.46. The predicted octanol–water partition coefficient (Wildman–Crippen LogP) is 2.45. The molecule has 0 bridgehead atoms. The Balaban J connectivity index is 1.66. The number of carbonyl (C=O) groups excluding carboxylic acids is 1. The van der Waals surface area contributed by atoms with Crippen molar-refractivity contribution in [2.45, 2.75) is 0 Å².